The second-order valence-electron chi connectivity index (χ2n) is 3.46. The molecule has 1 unspecified atom stereocenters. The molecule has 1 N–H and O–H groups in total. The Morgan fingerprint density at radius 3 is 2.93 bits per heavy atom. The number of ether oxygens (including phenoxy) is 1. The minimum absolute atomic E-state index is 0.129. The van der Waals surface area contributed by atoms with Crippen molar-refractivity contribution in [3.8, 4) is 0 Å². The molecule has 0 saturated carbocycles. The molecule has 1 saturated heterocycles. The van der Waals surface area contributed by atoms with E-state index in [0.29, 0.717) is 18.1 Å². The highest BCUT2D eigenvalue weighted by Crippen LogP contribution is 2.33. The van der Waals surface area contributed by atoms with E-state index < -0.39 is 11.4 Å². The van der Waals surface area contributed by atoms with Gasteiger partial charge in [-0.2, -0.15) is 0 Å². The van der Waals surface area contributed by atoms with Crippen molar-refractivity contribution in [3.05, 3.63) is 34.6 Å². The van der Waals surface area contributed by atoms with E-state index in [1.165, 1.54) is 18.2 Å². The summed E-state index contributed by atoms with van der Waals surface area (Å²) in [5, 5.41) is 10.5. The van der Waals surface area contributed by atoms with Crippen LogP contribution in [0, 0.1) is 5.82 Å². The summed E-state index contributed by atoms with van der Waals surface area (Å²) in [4.78, 5) is 0. The fourth-order valence-corrected chi connectivity index (χ4v) is 1.79. The molecule has 14 heavy (non-hydrogen) atoms. The van der Waals surface area contributed by atoms with E-state index in [-0.39, 0.29) is 12.2 Å². The van der Waals surface area contributed by atoms with E-state index in [2.05, 4.69) is 0 Å². The van der Waals surface area contributed by atoms with Crippen molar-refractivity contribution in [2.24, 2.45) is 0 Å². The van der Waals surface area contributed by atoms with Crippen molar-refractivity contribution in [3.63, 3.8) is 0 Å². The van der Waals surface area contributed by atoms with Crippen molar-refractivity contribution in [1.82, 2.24) is 0 Å². The Kier molecular flexibility index (Phi) is 2.47. The molecule has 0 aromatic heterocycles. The largest absolute Gasteiger partial charge is 0.383 e. The normalized spacial score (nSPS) is 26.8. The van der Waals surface area contributed by atoms with Crippen LogP contribution in [0.2, 0.25) is 5.02 Å². The maximum absolute atomic E-state index is 13.4. The second-order valence-corrected chi connectivity index (χ2v) is 3.89. The third-order valence-electron chi connectivity index (χ3n) is 2.43. The minimum Gasteiger partial charge on any atom is -0.383 e. The predicted molar refractivity (Wildman–Crippen MR) is 50.7 cm³/mol. The Hall–Kier alpha value is -0.640. The van der Waals surface area contributed by atoms with Gasteiger partial charge in [-0.05, 0) is 18.2 Å². The first-order chi connectivity index (χ1) is 6.62. The lowest BCUT2D eigenvalue weighted by molar-refractivity contribution is 0.0202. The zero-order chi connectivity index (χ0) is 10.2. The van der Waals surface area contributed by atoms with Crippen LogP contribution in [0.4, 0.5) is 4.39 Å². The Labute approximate surface area is 86.3 Å². The number of halogens is 2. The lowest BCUT2D eigenvalue weighted by Gasteiger charge is -2.21. The number of rotatable bonds is 1. The van der Waals surface area contributed by atoms with E-state index >= 15 is 0 Å². The summed E-state index contributed by atoms with van der Waals surface area (Å²) in [7, 11) is 0. The van der Waals surface area contributed by atoms with Crippen LogP contribution in [-0.4, -0.2) is 18.3 Å². The standard InChI is InChI=1S/C10H10ClFO2/c11-7-1-2-9(12)8(5-7)10(13)3-4-14-6-10/h1-2,5,13H,3-4,6H2. The lowest BCUT2D eigenvalue weighted by atomic mass is 9.93. The fourth-order valence-electron chi connectivity index (χ4n) is 1.62. The molecule has 0 aliphatic carbocycles. The van der Waals surface area contributed by atoms with Crippen LogP contribution < -0.4 is 0 Å². The third-order valence-corrected chi connectivity index (χ3v) is 2.67. The highest BCUT2D eigenvalue weighted by molar-refractivity contribution is 6.30. The fraction of sp³-hybridized carbons (Fsp3) is 0.400. The lowest BCUT2D eigenvalue weighted by Crippen LogP contribution is -2.26. The van der Waals surface area contributed by atoms with E-state index in [1.54, 1.807) is 0 Å². The molecule has 1 aromatic carbocycles. The molecule has 0 bridgehead atoms. The van der Waals surface area contributed by atoms with Gasteiger partial charge in [-0.15, -0.1) is 0 Å². The molecule has 2 rings (SSSR count). The van der Waals surface area contributed by atoms with Gasteiger partial charge < -0.3 is 9.84 Å². The van der Waals surface area contributed by atoms with Crippen molar-refractivity contribution < 1.29 is 14.2 Å². The quantitative estimate of drug-likeness (QED) is 0.779. The molecule has 4 heteroatoms. The summed E-state index contributed by atoms with van der Waals surface area (Å²) < 4.78 is 18.4. The summed E-state index contributed by atoms with van der Waals surface area (Å²) in [5.74, 6) is -0.442. The van der Waals surface area contributed by atoms with Gasteiger partial charge in [0, 0.05) is 23.6 Å². The Balaban J connectivity index is 2.44. The average molecular weight is 217 g/mol. The zero-order valence-electron chi connectivity index (χ0n) is 7.46. The predicted octanol–water partition coefficient (Wildman–Crippen LogP) is 2.09. The molecular formula is C10H10ClFO2. The molecule has 0 amide bonds. The topological polar surface area (TPSA) is 29.5 Å². The Morgan fingerprint density at radius 1 is 1.50 bits per heavy atom. The molecule has 1 heterocycles. The van der Waals surface area contributed by atoms with Gasteiger partial charge >= 0.3 is 0 Å². The summed E-state index contributed by atoms with van der Waals surface area (Å²) in [6.45, 7) is 0.576. The van der Waals surface area contributed by atoms with Crippen LogP contribution in [0.15, 0.2) is 18.2 Å². The number of hydrogen-bond acceptors (Lipinski definition) is 2. The Bertz CT molecular complexity index is 348. The maximum atomic E-state index is 13.4. The van der Waals surface area contributed by atoms with Gasteiger partial charge in [0.2, 0.25) is 0 Å². The van der Waals surface area contributed by atoms with Crippen LogP contribution in [0.25, 0.3) is 0 Å². The van der Waals surface area contributed by atoms with Crippen LogP contribution in [0.1, 0.15) is 12.0 Å². The second kappa shape index (κ2) is 3.50. The van der Waals surface area contributed by atoms with Gasteiger partial charge in [0.25, 0.3) is 0 Å². The van der Waals surface area contributed by atoms with E-state index in [4.69, 9.17) is 16.3 Å². The van der Waals surface area contributed by atoms with Crippen LogP contribution in [-0.2, 0) is 10.3 Å². The van der Waals surface area contributed by atoms with Crippen molar-refractivity contribution in [1.29, 1.82) is 0 Å². The first kappa shape index (κ1) is 9.90. The molecule has 1 aliphatic rings. The van der Waals surface area contributed by atoms with Crippen molar-refractivity contribution in [2.45, 2.75) is 12.0 Å². The molecule has 76 valence electrons. The molecule has 1 aromatic rings. The van der Waals surface area contributed by atoms with Crippen molar-refractivity contribution >= 4 is 11.6 Å². The molecule has 1 atom stereocenters. The number of hydrogen-bond donors (Lipinski definition) is 1. The van der Waals surface area contributed by atoms with Crippen LogP contribution in [0.5, 0.6) is 0 Å². The first-order valence-corrected chi connectivity index (χ1v) is 4.75. The van der Waals surface area contributed by atoms with Gasteiger partial charge in [-0.1, -0.05) is 11.6 Å². The molecule has 2 nitrogen and oxygen atoms in total. The molecule has 0 spiro atoms. The molecular weight excluding hydrogens is 207 g/mol. The first-order valence-electron chi connectivity index (χ1n) is 4.37. The third kappa shape index (κ3) is 1.63. The summed E-state index contributed by atoms with van der Waals surface area (Å²) in [5.41, 5.74) is -0.989. The average Bonchev–Trinajstić information content (AvgIpc) is 2.58. The van der Waals surface area contributed by atoms with Gasteiger partial charge in [-0.25, -0.2) is 4.39 Å². The minimum atomic E-state index is -1.21. The monoisotopic (exact) mass is 216 g/mol. The van der Waals surface area contributed by atoms with E-state index in [1.807, 2.05) is 0 Å². The van der Waals surface area contributed by atoms with Crippen LogP contribution in [0.3, 0.4) is 0 Å². The maximum Gasteiger partial charge on any atom is 0.129 e. The Morgan fingerprint density at radius 2 is 2.29 bits per heavy atom. The van der Waals surface area contributed by atoms with Gasteiger partial charge in [0.1, 0.15) is 11.4 Å². The number of benzene rings is 1. The highest BCUT2D eigenvalue weighted by atomic mass is 35.5. The SMILES string of the molecule is OC1(c2cc(Cl)ccc2F)CCOC1. The van der Waals surface area contributed by atoms with Gasteiger partial charge in [-0.3, -0.25) is 0 Å². The van der Waals surface area contributed by atoms with Gasteiger partial charge in [0.15, 0.2) is 0 Å². The van der Waals surface area contributed by atoms with Crippen LogP contribution >= 0.6 is 11.6 Å². The zero-order valence-corrected chi connectivity index (χ0v) is 8.22. The van der Waals surface area contributed by atoms with Gasteiger partial charge in [0.05, 0.1) is 6.61 Å². The molecule has 1 fully saturated rings. The highest BCUT2D eigenvalue weighted by Gasteiger charge is 2.36. The summed E-state index contributed by atoms with van der Waals surface area (Å²) >= 11 is 5.74. The number of aliphatic hydroxyl groups is 1. The summed E-state index contributed by atoms with van der Waals surface area (Å²) in [6, 6.07) is 4.17. The smallest absolute Gasteiger partial charge is 0.129 e. The summed E-state index contributed by atoms with van der Waals surface area (Å²) in [6.07, 6.45) is 0.407. The van der Waals surface area contributed by atoms with E-state index in [9.17, 15) is 9.50 Å². The van der Waals surface area contributed by atoms with Crippen molar-refractivity contribution in [2.75, 3.05) is 13.2 Å². The molecule has 0 radical (unpaired) electrons. The van der Waals surface area contributed by atoms with E-state index in [0.717, 1.165) is 0 Å². The molecule has 1 aliphatic heterocycles.